The second-order valence-corrected chi connectivity index (χ2v) is 8.37. The Morgan fingerprint density at radius 2 is 2.14 bits per heavy atom. The van der Waals surface area contributed by atoms with Gasteiger partial charge in [-0.05, 0) is 49.5 Å². The first-order valence-electron chi connectivity index (χ1n) is 6.78. The molecule has 0 aliphatic carbocycles. The topological polar surface area (TPSA) is 72.2 Å². The molecule has 118 valence electrons. The molecule has 1 unspecified atom stereocenters. The third-order valence-electron chi connectivity index (χ3n) is 3.00. The number of hydrogen-bond acceptors (Lipinski definition) is 4. The maximum Gasteiger partial charge on any atom is 0.241 e. The van der Waals surface area contributed by atoms with Gasteiger partial charge in [0.2, 0.25) is 10.0 Å². The Morgan fingerprint density at radius 3 is 2.67 bits per heavy atom. The van der Waals surface area contributed by atoms with Crippen LogP contribution in [0.4, 0.5) is 0 Å². The second-order valence-electron chi connectivity index (χ2n) is 4.85. The molecule has 7 heteroatoms. The molecule has 0 saturated carbocycles. The molecule has 4 nitrogen and oxygen atoms in total. The summed E-state index contributed by atoms with van der Waals surface area (Å²) in [6.07, 6.45) is 0.807. The Hall–Kier alpha value is -0.630. The molecule has 0 heterocycles. The number of hydrogen-bond donors (Lipinski definition) is 2. The number of thioether (sulfide) groups is 1. The van der Waals surface area contributed by atoms with E-state index in [0.717, 1.165) is 17.9 Å². The Morgan fingerprint density at radius 1 is 1.48 bits per heavy atom. The number of benzene rings is 1. The van der Waals surface area contributed by atoms with Crippen LogP contribution in [0, 0.1) is 6.92 Å². The van der Waals surface area contributed by atoms with Crippen LogP contribution in [0.3, 0.4) is 0 Å². The fourth-order valence-electron chi connectivity index (χ4n) is 1.90. The van der Waals surface area contributed by atoms with E-state index in [0.29, 0.717) is 11.1 Å². The van der Waals surface area contributed by atoms with Crippen LogP contribution in [-0.4, -0.2) is 31.0 Å². The van der Waals surface area contributed by atoms with E-state index < -0.39 is 10.0 Å². The zero-order chi connectivity index (χ0) is 16.0. The molecule has 0 fully saturated rings. The van der Waals surface area contributed by atoms with Gasteiger partial charge in [-0.2, -0.15) is 11.8 Å². The molecule has 0 aromatic heterocycles. The van der Waals surface area contributed by atoms with E-state index in [1.165, 1.54) is 0 Å². The van der Waals surface area contributed by atoms with Gasteiger partial charge in [-0.1, -0.05) is 25.2 Å². The van der Waals surface area contributed by atoms with Crippen molar-refractivity contribution in [1.82, 2.24) is 4.72 Å². The quantitative estimate of drug-likeness (QED) is 0.559. The van der Waals surface area contributed by atoms with Crippen molar-refractivity contribution in [3.8, 4) is 0 Å². The number of sulfonamides is 1. The average molecular weight is 347 g/mol. The van der Waals surface area contributed by atoms with E-state index in [9.17, 15) is 8.42 Å². The summed E-state index contributed by atoms with van der Waals surface area (Å²) < 4.78 is 27.5. The summed E-state index contributed by atoms with van der Waals surface area (Å²) in [4.78, 5) is 0.539. The van der Waals surface area contributed by atoms with Crippen molar-refractivity contribution >= 4 is 39.0 Å². The van der Waals surface area contributed by atoms with Gasteiger partial charge >= 0.3 is 0 Å². The van der Waals surface area contributed by atoms with Crippen LogP contribution in [0.25, 0.3) is 0 Å². The van der Waals surface area contributed by atoms with Gasteiger partial charge in [-0.15, -0.1) is 0 Å². The van der Waals surface area contributed by atoms with E-state index in [-0.39, 0.29) is 15.9 Å². The summed E-state index contributed by atoms with van der Waals surface area (Å²) in [5.74, 6) is 1.98. The third-order valence-corrected chi connectivity index (χ3v) is 5.92. The van der Waals surface area contributed by atoms with Gasteiger partial charge in [0, 0.05) is 11.6 Å². The molecule has 0 amide bonds. The largest absolute Gasteiger partial charge is 0.389 e. The molecule has 0 saturated heterocycles. The van der Waals surface area contributed by atoms with Crippen molar-refractivity contribution in [2.24, 2.45) is 5.73 Å². The zero-order valence-electron chi connectivity index (χ0n) is 12.5. The molecule has 1 aromatic carbocycles. The van der Waals surface area contributed by atoms with Gasteiger partial charge < -0.3 is 5.73 Å². The fourth-order valence-corrected chi connectivity index (χ4v) is 4.34. The lowest BCUT2D eigenvalue weighted by atomic mass is 10.1. The standard InChI is InChI=1S/C14H22N2O2S3/c1-4-20-8-7-11(3)16-21(17,18)13-6-5-12(14(15)19)9-10(13)2/h5-6,9,11,16H,4,7-8H2,1-3H3,(H2,15,19). The molecular weight excluding hydrogens is 324 g/mol. The molecule has 0 bridgehead atoms. The number of nitrogens with one attached hydrogen (secondary N) is 1. The minimum Gasteiger partial charge on any atom is -0.389 e. The van der Waals surface area contributed by atoms with Gasteiger partial charge in [-0.25, -0.2) is 13.1 Å². The van der Waals surface area contributed by atoms with Crippen LogP contribution in [0.2, 0.25) is 0 Å². The van der Waals surface area contributed by atoms with Crippen molar-refractivity contribution in [2.45, 2.75) is 38.1 Å². The highest BCUT2D eigenvalue weighted by Crippen LogP contribution is 2.18. The van der Waals surface area contributed by atoms with E-state index in [4.69, 9.17) is 18.0 Å². The van der Waals surface area contributed by atoms with Crippen molar-refractivity contribution in [2.75, 3.05) is 11.5 Å². The highest BCUT2D eigenvalue weighted by Gasteiger charge is 2.19. The Kier molecular flexibility index (Phi) is 7.12. The van der Waals surface area contributed by atoms with E-state index >= 15 is 0 Å². The first kappa shape index (κ1) is 18.4. The van der Waals surface area contributed by atoms with Crippen LogP contribution in [0.5, 0.6) is 0 Å². The SMILES string of the molecule is CCSCCC(C)NS(=O)(=O)c1ccc(C(N)=S)cc1C. The fraction of sp³-hybridized carbons (Fsp3) is 0.500. The van der Waals surface area contributed by atoms with Crippen LogP contribution < -0.4 is 10.5 Å². The molecule has 21 heavy (non-hydrogen) atoms. The summed E-state index contributed by atoms with van der Waals surface area (Å²) in [6, 6.07) is 4.80. The number of nitrogens with two attached hydrogens (primary N) is 1. The van der Waals surface area contributed by atoms with Crippen molar-refractivity contribution in [3.05, 3.63) is 29.3 Å². The lowest BCUT2D eigenvalue weighted by Crippen LogP contribution is -2.33. The van der Waals surface area contributed by atoms with Crippen molar-refractivity contribution in [1.29, 1.82) is 0 Å². The second kappa shape index (κ2) is 8.12. The van der Waals surface area contributed by atoms with Gasteiger partial charge in [0.25, 0.3) is 0 Å². The summed E-state index contributed by atoms with van der Waals surface area (Å²) in [7, 11) is -3.51. The molecule has 0 aliphatic heterocycles. The maximum atomic E-state index is 12.4. The van der Waals surface area contributed by atoms with Gasteiger partial charge in [0.15, 0.2) is 0 Å². The highest BCUT2D eigenvalue weighted by atomic mass is 32.2. The lowest BCUT2D eigenvalue weighted by molar-refractivity contribution is 0.556. The summed E-state index contributed by atoms with van der Waals surface area (Å²) >= 11 is 6.70. The summed E-state index contributed by atoms with van der Waals surface area (Å²) in [5, 5.41) is 0. The summed E-state index contributed by atoms with van der Waals surface area (Å²) in [6.45, 7) is 5.71. The molecule has 3 N–H and O–H groups in total. The van der Waals surface area contributed by atoms with E-state index in [2.05, 4.69) is 11.6 Å². The molecule has 1 atom stereocenters. The Labute approximate surface area is 136 Å². The van der Waals surface area contributed by atoms with E-state index in [1.54, 1.807) is 36.9 Å². The Balaban J connectivity index is 2.85. The van der Waals surface area contributed by atoms with Gasteiger partial charge in [-0.3, -0.25) is 0 Å². The normalized spacial score (nSPS) is 13.1. The van der Waals surface area contributed by atoms with Crippen molar-refractivity contribution in [3.63, 3.8) is 0 Å². The highest BCUT2D eigenvalue weighted by molar-refractivity contribution is 7.99. The van der Waals surface area contributed by atoms with E-state index in [1.807, 2.05) is 6.92 Å². The van der Waals surface area contributed by atoms with Gasteiger partial charge in [0.05, 0.1) is 4.90 Å². The smallest absolute Gasteiger partial charge is 0.241 e. The predicted octanol–water partition coefficient (Wildman–Crippen LogP) is 2.44. The lowest BCUT2D eigenvalue weighted by Gasteiger charge is -2.15. The minimum absolute atomic E-state index is 0.0938. The van der Waals surface area contributed by atoms with Crippen LogP contribution in [-0.2, 0) is 10.0 Å². The molecule has 1 rings (SSSR count). The van der Waals surface area contributed by atoms with Crippen LogP contribution in [0.15, 0.2) is 23.1 Å². The van der Waals surface area contributed by atoms with Gasteiger partial charge in [0.1, 0.15) is 4.99 Å². The number of rotatable bonds is 8. The average Bonchev–Trinajstić information content (AvgIpc) is 2.37. The third kappa shape index (κ3) is 5.58. The molecule has 0 spiro atoms. The first-order chi connectivity index (χ1) is 9.77. The summed E-state index contributed by atoms with van der Waals surface area (Å²) in [5.41, 5.74) is 6.87. The molecule has 0 aliphatic rings. The Bertz CT molecular complexity index is 600. The molecule has 0 radical (unpaired) electrons. The zero-order valence-corrected chi connectivity index (χ0v) is 15.0. The predicted molar refractivity (Wildman–Crippen MR) is 94.5 cm³/mol. The molecular formula is C14H22N2O2S3. The van der Waals surface area contributed by atoms with Crippen molar-refractivity contribution < 1.29 is 8.42 Å². The number of thiocarbonyl (C=S) groups is 1. The van der Waals surface area contributed by atoms with Crippen LogP contribution in [0.1, 0.15) is 31.4 Å². The minimum atomic E-state index is -3.51. The first-order valence-corrected chi connectivity index (χ1v) is 9.83. The monoisotopic (exact) mass is 346 g/mol. The van der Waals surface area contributed by atoms with Crippen LogP contribution >= 0.6 is 24.0 Å². The number of aryl methyl sites for hydroxylation is 1. The maximum absolute atomic E-state index is 12.4. The molecule has 1 aromatic rings.